The minimum Gasteiger partial charge on any atom is -0.312 e. The van der Waals surface area contributed by atoms with Gasteiger partial charge in [0, 0.05) is 0 Å². The van der Waals surface area contributed by atoms with Gasteiger partial charge in [-0.25, -0.2) is 0 Å². The van der Waals surface area contributed by atoms with Crippen molar-refractivity contribution in [3.05, 3.63) is 42.0 Å². The van der Waals surface area contributed by atoms with Crippen LogP contribution in [0.3, 0.4) is 0 Å². The second kappa shape index (κ2) is 7.56. The Bertz CT molecular complexity index is 221. The van der Waals surface area contributed by atoms with Crippen molar-refractivity contribution in [1.82, 2.24) is 4.90 Å². The van der Waals surface area contributed by atoms with Crippen LogP contribution in [0.2, 0.25) is 0 Å². The van der Waals surface area contributed by atoms with Crippen LogP contribution >= 0.6 is 0 Å². The van der Waals surface area contributed by atoms with Gasteiger partial charge in [0.15, 0.2) is 0 Å². The second-order valence-electron chi connectivity index (χ2n) is 3.25. The predicted octanol–water partition coefficient (Wildman–Crippen LogP) is 2.90. The van der Waals surface area contributed by atoms with Crippen LogP contribution in [0, 0.1) is 0 Å². The van der Waals surface area contributed by atoms with Crippen LogP contribution in [-0.4, -0.2) is 26.0 Å². The summed E-state index contributed by atoms with van der Waals surface area (Å²) in [5, 5.41) is 0. The lowest BCUT2D eigenvalue weighted by Gasteiger charge is -1.90. The molecule has 0 heterocycles. The summed E-state index contributed by atoms with van der Waals surface area (Å²) in [5.74, 6) is 0. The molecule has 0 radical (unpaired) electrons. The molecule has 0 fully saturated rings. The number of hydrogen-bond donors (Lipinski definition) is 0. The fraction of sp³-hybridized carbons (Fsp3) is 0.333. The molecule has 0 aliphatic carbocycles. The Labute approximate surface area is 81.7 Å². The van der Waals surface area contributed by atoms with Gasteiger partial charge in [0.25, 0.3) is 0 Å². The van der Waals surface area contributed by atoms with E-state index in [1.807, 2.05) is 57.2 Å². The third-order valence-electron chi connectivity index (χ3n) is 1.16. The maximum atomic E-state index is 2.08. The minimum absolute atomic E-state index is 1.26. The highest BCUT2D eigenvalue weighted by Crippen LogP contribution is 1.99. The summed E-state index contributed by atoms with van der Waals surface area (Å²) in [7, 11) is 6.00. The maximum absolute atomic E-state index is 2.08. The molecule has 0 unspecified atom stereocenters. The molecule has 72 valence electrons. The number of allylic oxidation sites excluding steroid dienone is 1. The normalized spacial score (nSPS) is 9.92. The molecule has 0 bridgehead atoms. The lowest BCUT2D eigenvalue weighted by atomic mass is 10.2. The molecular weight excluding hydrogens is 158 g/mol. The molecule has 0 amide bonds. The summed E-state index contributed by atoms with van der Waals surface area (Å²) in [6.07, 6.45) is 4.12. The Balaban J connectivity index is 0.000000310. The summed E-state index contributed by atoms with van der Waals surface area (Å²) < 4.78 is 0. The van der Waals surface area contributed by atoms with E-state index in [1.54, 1.807) is 0 Å². The van der Waals surface area contributed by atoms with Gasteiger partial charge < -0.3 is 4.90 Å². The van der Waals surface area contributed by atoms with Gasteiger partial charge in [-0.2, -0.15) is 0 Å². The molecule has 1 rings (SSSR count). The SMILES string of the molecule is C/C=C/c1ccccc1.CN(C)C. The van der Waals surface area contributed by atoms with Crippen molar-refractivity contribution < 1.29 is 0 Å². The first kappa shape index (κ1) is 11.9. The van der Waals surface area contributed by atoms with E-state index in [-0.39, 0.29) is 0 Å². The highest BCUT2D eigenvalue weighted by Gasteiger charge is 1.77. The van der Waals surface area contributed by atoms with Crippen molar-refractivity contribution in [3.8, 4) is 0 Å². The summed E-state index contributed by atoms with van der Waals surface area (Å²) in [4.78, 5) is 2.00. The Morgan fingerprint density at radius 3 is 1.85 bits per heavy atom. The third-order valence-corrected chi connectivity index (χ3v) is 1.16. The van der Waals surface area contributed by atoms with Crippen molar-refractivity contribution >= 4 is 6.08 Å². The van der Waals surface area contributed by atoms with Crippen LogP contribution in [0.5, 0.6) is 0 Å². The van der Waals surface area contributed by atoms with Crippen LogP contribution < -0.4 is 0 Å². The molecule has 13 heavy (non-hydrogen) atoms. The Morgan fingerprint density at radius 2 is 1.46 bits per heavy atom. The fourth-order valence-corrected chi connectivity index (χ4v) is 0.757. The Hall–Kier alpha value is -1.08. The minimum atomic E-state index is 1.26. The summed E-state index contributed by atoms with van der Waals surface area (Å²) in [5.41, 5.74) is 1.26. The fourth-order valence-electron chi connectivity index (χ4n) is 0.757. The molecule has 0 aromatic heterocycles. The Morgan fingerprint density at radius 1 is 1.00 bits per heavy atom. The van der Waals surface area contributed by atoms with E-state index in [0.717, 1.165) is 0 Å². The molecule has 0 atom stereocenters. The van der Waals surface area contributed by atoms with Gasteiger partial charge in [0.1, 0.15) is 0 Å². The lowest BCUT2D eigenvalue weighted by molar-refractivity contribution is 0.505. The van der Waals surface area contributed by atoms with Crippen molar-refractivity contribution in [2.24, 2.45) is 0 Å². The van der Waals surface area contributed by atoms with Gasteiger partial charge >= 0.3 is 0 Å². The van der Waals surface area contributed by atoms with Crippen molar-refractivity contribution in [2.75, 3.05) is 21.1 Å². The molecule has 1 aromatic carbocycles. The van der Waals surface area contributed by atoms with E-state index in [0.29, 0.717) is 0 Å². The Kier molecular flexibility index (Phi) is 6.93. The number of rotatable bonds is 1. The molecule has 1 nitrogen and oxygen atoms in total. The van der Waals surface area contributed by atoms with E-state index in [4.69, 9.17) is 0 Å². The first-order valence-electron chi connectivity index (χ1n) is 4.45. The van der Waals surface area contributed by atoms with Crippen molar-refractivity contribution in [3.63, 3.8) is 0 Å². The van der Waals surface area contributed by atoms with Crippen LogP contribution in [0.15, 0.2) is 36.4 Å². The first-order chi connectivity index (χ1) is 6.16. The molecule has 0 saturated carbocycles. The standard InChI is InChI=1S/C9H10.C3H9N/c1-2-6-9-7-4-3-5-8-9;1-4(2)3/h2-8H,1H3;1-3H3/b6-2+;. The van der Waals surface area contributed by atoms with Crippen LogP contribution in [0.4, 0.5) is 0 Å². The topological polar surface area (TPSA) is 3.24 Å². The van der Waals surface area contributed by atoms with Gasteiger partial charge in [-0.1, -0.05) is 42.5 Å². The van der Waals surface area contributed by atoms with Crippen LogP contribution in [0.1, 0.15) is 12.5 Å². The van der Waals surface area contributed by atoms with Crippen LogP contribution in [-0.2, 0) is 0 Å². The molecular formula is C12H19N. The zero-order chi connectivity index (χ0) is 10.1. The first-order valence-corrected chi connectivity index (χ1v) is 4.45. The van der Waals surface area contributed by atoms with E-state index in [2.05, 4.69) is 18.2 Å². The molecule has 1 aromatic rings. The highest BCUT2D eigenvalue weighted by molar-refractivity contribution is 5.47. The average Bonchev–Trinajstić information content (AvgIpc) is 2.06. The van der Waals surface area contributed by atoms with Crippen LogP contribution in [0.25, 0.3) is 6.08 Å². The molecule has 0 saturated heterocycles. The van der Waals surface area contributed by atoms with E-state index >= 15 is 0 Å². The largest absolute Gasteiger partial charge is 0.312 e. The van der Waals surface area contributed by atoms with Crippen molar-refractivity contribution in [2.45, 2.75) is 6.92 Å². The maximum Gasteiger partial charge on any atom is -0.0140 e. The second-order valence-corrected chi connectivity index (χ2v) is 3.25. The van der Waals surface area contributed by atoms with E-state index in [1.165, 1.54) is 5.56 Å². The predicted molar refractivity (Wildman–Crippen MR) is 60.8 cm³/mol. The number of nitrogens with zero attached hydrogens (tertiary/aromatic N) is 1. The lowest BCUT2D eigenvalue weighted by Crippen LogP contribution is -1.99. The number of benzene rings is 1. The smallest absolute Gasteiger partial charge is 0.0140 e. The molecule has 0 aliphatic rings. The van der Waals surface area contributed by atoms with Gasteiger partial charge in [-0.15, -0.1) is 0 Å². The van der Waals surface area contributed by atoms with Crippen molar-refractivity contribution in [1.29, 1.82) is 0 Å². The zero-order valence-corrected chi connectivity index (χ0v) is 8.99. The monoisotopic (exact) mass is 177 g/mol. The van der Waals surface area contributed by atoms with Gasteiger partial charge in [-0.05, 0) is 33.6 Å². The molecule has 1 heteroatoms. The highest BCUT2D eigenvalue weighted by atomic mass is 15.0. The zero-order valence-electron chi connectivity index (χ0n) is 8.99. The average molecular weight is 177 g/mol. The number of hydrogen-bond acceptors (Lipinski definition) is 1. The van der Waals surface area contributed by atoms with E-state index < -0.39 is 0 Å². The molecule has 0 N–H and O–H groups in total. The molecule has 0 spiro atoms. The summed E-state index contributed by atoms with van der Waals surface area (Å²) in [6.45, 7) is 2.02. The van der Waals surface area contributed by atoms with E-state index in [9.17, 15) is 0 Å². The van der Waals surface area contributed by atoms with Gasteiger partial charge in [0.05, 0.1) is 0 Å². The third kappa shape index (κ3) is 8.83. The molecule has 0 aliphatic heterocycles. The van der Waals surface area contributed by atoms with Gasteiger partial charge in [0.2, 0.25) is 0 Å². The summed E-state index contributed by atoms with van der Waals surface area (Å²) in [6, 6.07) is 10.3. The quantitative estimate of drug-likeness (QED) is 0.637. The van der Waals surface area contributed by atoms with Gasteiger partial charge in [-0.3, -0.25) is 0 Å². The summed E-state index contributed by atoms with van der Waals surface area (Å²) >= 11 is 0.